The van der Waals surface area contributed by atoms with Crippen molar-refractivity contribution >= 4 is 16.7 Å². The summed E-state index contributed by atoms with van der Waals surface area (Å²) in [6, 6.07) is 24.6. The molecule has 4 rings (SSSR count). The Morgan fingerprint density at radius 2 is 1.60 bits per heavy atom. The fourth-order valence-corrected chi connectivity index (χ4v) is 3.15. The minimum Gasteiger partial charge on any atom is -0.491 e. The smallest absolute Gasteiger partial charge is 0.248 e. The highest BCUT2D eigenvalue weighted by Crippen LogP contribution is 2.20. The molecule has 1 unspecified atom stereocenters. The molecule has 1 amide bonds. The molecule has 3 aromatic carbocycles. The lowest BCUT2D eigenvalue weighted by Crippen LogP contribution is -2.31. The molecule has 25 heavy (non-hydrogen) atoms. The first-order valence-corrected chi connectivity index (χ1v) is 8.44. The average molecular weight is 329 g/mol. The summed E-state index contributed by atoms with van der Waals surface area (Å²) in [6.45, 7) is 0.455. The lowest BCUT2D eigenvalue weighted by atomic mass is 10.1. The largest absolute Gasteiger partial charge is 0.491 e. The summed E-state index contributed by atoms with van der Waals surface area (Å²) in [6.07, 6.45) is 2.30. The summed E-state index contributed by atoms with van der Waals surface area (Å²) in [5, 5.41) is 5.37. The van der Waals surface area contributed by atoms with Gasteiger partial charge < -0.3 is 10.1 Å². The molecule has 0 fully saturated rings. The van der Waals surface area contributed by atoms with Crippen LogP contribution in [0.5, 0.6) is 0 Å². The number of carbonyl (C=O) groups is 1. The van der Waals surface area contributed by atoms with E-state index in [4.69, 9.17) is 4.74 Å². The minimum atomic E-state index is -0.102. The topological polar surface area (TPSA) is 38.3 Å². The average Bonchev–Trinajstić information content (AvgIpc) is 3.00. The summed E-state index contributed by atoms with van der Waals surface area (Å²) in [4.78, 5) is 11.8. The standard InChI is InChI=1S/C22H19NO2/c24-22-14-21(20(23-22)13-16-6-2-1-3-7-16)25-15-17-10-11-18-8-4-5-9-19(18)12-17/h1-12,14,20H,13,15H2,(H,23,24). The van der Waals surface area contributed by atoms with E-state index in [0.29, 0.717) is 12.4 Å². The molecule has 0 saturated carbocycles. The number of fused-ring (bicyclic) bond motifs is 1. The van der Waals surface area contributed by atoms with Crippen LogP contribution in [0.15, 0.2) is 84.6 Å². The van der Waals surface area contributed by atoms with E-state index in [-0.39, 0.29) is 11.9 Å². The van der Waals surface area contributed by atoms with Gasteiger partial charge in [0.05, 0.1) is 6.04 Å². The van der Waals surface area contributed by atoms with Gasteiger partial charge in [0.2, 0.25) is 5.91 Å². The zero-order valence-corrected chi connectivity index (χ0v) is 13.8. The summed E-state index contributed by atoms with van der Waals surface area (Å²) >= 11 is 0. The highest BCUT2D eigenvalue weighted by molar-refractivity contribution is 5.91. The Bertz CT molecular complexity index is 931. The quantitative estimate of drug-likeness (QED) is 0.769. The number of rotatable bonds is 5. The summed E-state index contributed by atoms with van der Waals surface area (Å²) in [5.74, 6) is 0.622. The minimum absolute atomic E-state index is 0.0885. The van der Waals surface area contributed by atoms with E-state index in [1.807, 2.05) is 30.3 Å². The number of benzene rings is 3. The van der Waals surface area contributed by atoms with Crippen LogP contribution in [-0.2, 0) is 22.6 Å². The molecule has 1 heterocycles. The predicted octanol–water partition coefficient (Wildman–Crippen LogP) is 3.98. The van der Waals surface area contributed by atoms with E-state index >= 15 is 0 Å². The van der Waals surface area contributed by atoms with Gasteiger partial charge in [0.1, 0.15) is 12.4 Å². The van der Waals surface area contributed by atoms with Crippen LogP contribution in [0.4, 0.5) is 0 Å². The molecule has 0 aromatic heterocycles. The maximum atomic E-state index is 11.8. The van der Waals surface area contributed by atoms with Crippen LogP contribution >= 0.6 is 0 Å². The molecule has 0 bridgehead atoms. The molecule has 0 spiro atoms. The molecule has 3 nitrogen and oxygen atoms in total. The fourth-order valence-electron chi connectivity index (χ4n) is 3.15. The molecule has 0 saturated heterocycles. The number of hydrogen-bond acceptors (Lipinski definition) is 2. The third-order valence-corrected chi connectivity index (χ3v) is 4.44. The van der Waals surface area contributed by atoms with Crippen molar-refractivity contribution in [2.45, 2.75) is 19.1 Å². The van der Waals surface area contributed by atoms with Gasteiger partial charge in [-0.1, -0.05) is 66.7 Å². The molecule has 1 aliphatic heterocycles. The Kier molecular flexibility index (Phi) is 4.21. The third-order valence-electron chi connectivity index (χ3n) is 4.44. The van der Waals surface area contributed by atoms with Crippen LogP contribution in [0.3, 0.4) is 0 Å². The van der Waals surface area contributed by atoms with E-state index in [2.05, 4.69) is 47.8 Å². The van der Waals surface area contributed by atoms with Crippen LogP contribution in [0.25, 0.3) is 10.8 Å². The lowest BCUT2D eigenvalue weighted by Gasteiger charge is -2.16. The van der Waals surface area contributed by atoms with Gasteiger partial charge in [0, 0.05) is 6.08 Å². The second kappa shape index (κ2) is 6.81. The highest BCUT2D eigenvalue weighted by atomic mass is 16.5. The second-order valence-corrected chi connectivity index (χ2v) is 6.27. The number of ether oxygens (including phenoxy) is 1. The van der Waals surface area contributed by atoms with Crippen molar-refractivity contribution in [1.29, 1.82) is 0 Å². The first kappa shape index (κ1) is 15.5. The Balaban J connectivity index is 1.46. The van der Waals surface area contributed by atoms with Gasteiger partial charge in [-0.3, -0.25) is 4.79 Å². The molecular formula is C22H19NO2. The molecule has 124 valence electrons. The third kappa shape index (κ3) is 3.56. The molecule has 3 heteroatoms. The predicted molar refractivity (Wildman–Crippen MR) is 98.9 cm³/mol. The van der Waals surface area contributed by atoms with E-state index in [1.54, 1.807) is 6.08 Å². The molecule has 3 aromatic rings. The van der Waals surface area contributed by atoms with Crippen molar-refractivity contribution in [1.82, 2.24) is 5.32 Å². The van der Waals surface area contributed by atoms with Crippen molar-refractivity contribution in [2.75, 3.05) is 0 Å². The Morgan fingerprint density at radius 1 is 0.840 bits per heavy atom. The van der Waals surface area contributed by atoms with Crippen LogP contribution in [-0.4, -0.2) is 11.9 Å². The summed E-state index contributed by atoms with van der Waals surface area (Å²) < 4.78 is 5.97. The summed E-state index contributed by atoms with van der Waals surface area (Å²) in [7, 11) is 0. The van der Waals surface area contributed by atoms with Crippen LogP contribution in [0, 0.1) is 0 Å². The zero-order chi connectivity index (χ0) is 17.1. The zero-order valence-electron chi connectivity index (χ0n) is 13.8. The first-order chi connectivity index (χ1) is 12.3. The number of amides is 1. The Morgan fingerprint density at radius 3 is 2.44 bits per heavy atom. The van der Waals surface area contributed by atoms with Crippen LogP contribution in [0.1, 0.15) is 11.1 Å². The van der Waals surface area contributed by atoms with Gasteiger partial charge in [0.25, 0.3) is 0 Å². The van der Waals surface area contributed by atoms with Crippen molar-refractivity contribution in [2.24, 2.45) is 0 Å². The number of carbonyl (C=O) groups excluding carboxylic acids is 1. The molecule has 0 radical (unpaired) electrons. The second-order valence-electron chi connectivity index (χ2n) is 6.27. The van der Waals surface area contributed by atoms with Gasteiger partial charge in [-0.05, 0) is 34.4 Å². The van der Waals surface area contributed by atoms with Gasteiger partial charge >= 0.3 is 0 Å². The highest BCUT2D eigenvalue weighted by Gasteiger charge is 2.25. The molecule has 1 aliphatic rings. The van der Waals surface area contributed by atoms with Gasteiger partial charge in [-0.2, -0.15) is 0 Å². The molecule has 0 aliphatic carbocycles. The normalized spacial score (nSPS) is 16.6. The maximum absolute atomic E-state index is 11.8. The first-order valence-electron chi connectivity index (χ1n) is 8.44. The van der Waals surface area contributed by atoms with Gasteiger partial charge in [-0.15, -0.1) is 0 Å². The summed E-state index contributed by atoms with van der Waals surface area (Å²) in [5.41, 5.74) is 2.27. The SMILES string of the molecule is O=C1C=C(OCc2ccc3ccccc3c2)C(Cc2ccccc2)N1. The fraction of sp³-hybridized carbons (Fsp3) is 0.136. The maximum Gasteiger partial charge on any atom is 0.248 e. The van der Waals surface area contributed by atoms with Gasteiger partial charge in [-0.25, -0.2) is 0 Å². The van der Waals surface area contributed by atoms with E-state index in [9.17, 15) is 4.79 Å². The number of nitrogens with one attached hydrogen (secondary N) is 1. The van der Waals surface area contributed by atoms with E-state index < -0.39 is 0 Å². The Hall–Kier alpha value is -3.07. The van der Waals surface area contributed by atoms with Crippen molar-refractivity contribution in [3.63, 3.8) is 0 Å². The van der Waals surface area contributed by atoms with Crippen LogP contribution in [0.2, 0.25) is 0 Å². The van der Waals surface area contributed by atoms with Crippen molar-refractivity contribution in [3.8, 4) is 0 Å². The molecule has 1 atom stereocenters. The van der Waals surface area contributed by atoms with Crippen molar-refractivity contribution in [3.05, 3.63) is 95.8 Å². The monoisotopic (exact) mass is 329 g/mol. The number of hydrogen-bond donors (Lipinski definition) is 1. The van der Waals surface area contributed by atoms with E-state index in [1.165, 1.54) is 16.3 Å². The molecule has 1 N–H and O–H groups in total. The molecular weight excluding hydrogens is 310 g/mol. The van der Waals surface area contributed by atoms with Gasteiger partial charge in [0.15, 0.2) is 0 Å². The lowest BCUT2D eigenvalue weighted by molar-refractivity contribution is -0.116. The Labute approximate surface area is 146 Å². The van der Waals surface area contributed by atoms with E-state index in [0.717, 1.165) is 12.0 Å². The van der Waals surface area contributed by atoms with Crippen molar-refractivity contribution < 1.29 is 9.53 Å². The van der Waals surface area contributed by atoms with Crippen LogP contribution < -0.4 is 5.32 Å².